The lowest BCUT2D eigenvalue weighted by atomic mass is 10.3. The molecule has 0 aliphatic rings. The standard InChI is InChI=1S/C8H7N3O3S/c12-7(13)2-1-6-10-11-8(14-6)5-3-15-4-9-5/h3-4H,1-2H2,(H,12,13). The van der Waals surface area contributed by atoms with Crippen LogP contribution in [0.2, 0.25) is 0 Å². The zero-order chi connectivity index (χ0) is 10.7. The average Bonchev–Trinajstić information content (AvgIpc) is 2.85. The maximum Gasteiger partial charge on any atom is 0.303 e. The van der Waals surface area contributed by atoms with E-state index >= 15 is 0 Å². The lowest BCUT2D eigenvalue weighted by Crippen LogP contribution is -1.97. The van der Waals surface area contributed by atoms with Crippen LogP contribution in [0, 0.1) is 0 Å². The third-order valence-electron chi connectivity index (χ3n) is 1.67. The number of aryl methyl sites for hydroxylation is 1. The molecule has 78 valence electrons. The fraction of sp³-hybridized carbons (Fsp3) is 0.250. The highest BCUT2D eigenvalue weighted by Gasteiger charge is 2.10. The van der Waals surface area contributed by atoms with Crippen molar-refractivity contribution in [1.82, 2.24) is 15.2 Å². The second kappa shape index (κ2) is 4.18. The van der Waals surface area contributed by atoms with Gasteiger partial charge in [0.15, 0.2) is 0 Å². The minimum Gasteiger partial charge on any atom is -0.481 e. The van der Waals surface area contributed by atoms with Gasteiger partial charge in [-0.3, -0.25) is 4.79 Å². The summed E-state index contributed by atoms with van der Waals surface area (Å²) in [6.45, 7) is 0. The summed E-state index contributed by atoms with van der Waals surface area (Å²) in [6.07, 6.45) is 0.227. The van der Waals surface area contributed by atoms with Crippen molar-refractivity contribution < 1.29 is 14.3 Å². The Hall–Kier alpha value is -1.76. The molecule has 2 heterocycles. The van der Waals surface area contributed by atoms with Crippen LogP contribution in [-0.4, -0.2) is 26.3 Å². The molecule has 15 heavy (non-hydrogen) atoms. The van der Waals surface area contributed by atoms with E-state index < -0.39 is 5.97 Å². The monoisotopic (exact) mass is 225 g/mol. The normalized spacial score (nSPS) is 10.4. The molecular weight excluding hydrogens is 218 g/mol. The second-order valence-corrected chi connectivity index (χ2v) is 3.49. The fourth-order valence-corrected chi connectivity index (χ4v) is 1.52. The van der Waals surface area contributed by atoms with Crippen LogP contribution in [0.5, 0.6) is 0 Å². The molecule has 0 radical (unpaired) electrons. The minimum atomic E-state index is -0.886. The van der Waals surface area contributed by atoms with E-state index in [2.05, 4.69) is 15.2 Å². The van der Waals surface area contributed by atoms with E-state index in [1.807, 2.05) is 0 Å². The van der Waals surface area contributed by atoms with Gasteiger partial charge in [0.05, 0.1) is 11.9 Å². The largest absolute Gasteiger partial charge is 0.481 e. The highest BCUT2D eigenvalue weighted by Crippen LogP contribution is 2.17. The summed E-state index contributed by atoms with van der Waals surface area (Å²) >= 11 is 1.43. The molecule has 0 unspecified atom stereocenters. The molecule has 2 rings (SSSR count). The highest BCUT2D eigenvalue weighted by molar-refractivity contribution is 7.07. The van der Waals surface area contributed by atoms with Crippen LogP contribution < -0.4 is 0 Å². The molecule has 1 N–H and O–H groups in total. The number of hydrogen-bond acceptors (Lipinski definition) is 6. The van der Waals surface area contributed by atoms with E-state index in [-0.39, 0.29) is 12.8 Å². The fourth-order valence-electron chi connectivity index (χ4n) is 0.990. The summed E-state index contributed by atoms with van der Waals surface area (Å²) in [4.78, 5) is 14.3. The van der Waals surface area contributed by atoms with Crippen molar-refractivity contribution >= 4 is 17.3 Å². The first kappa shape index (κ1) is 9.78. The molecule has 0 aliphatic heterocycles. The Labute approximate surface area is 88.6 Å². The molecule has 0 saturated heterocycles. The Kier molecular flexibility index (Phi) is 2.72. The summed E-state index contributed by atoms with van der Waals surface area (Å²) in [5.74, 6) is -0.236. The zero-order valence-electron chi connectivity index (χ0n) is 7.58. The SMILES string of the molecule is O=C(O)CCc1nnc(-c2cscn2)o1. The van der Waals surface area contributed by atoms with Gasteiger partial charge in [-0.1, -0.05) is 0 Å². The smallest absolute Gasteiger partial charge is 0.303 e. The van der Waals surface area contributed by atoms with E-state index in [4.69, 9.17) is 9.52 Å². The maximum atomic E-state index is 10.3. The van der Waals surface area contributed by atoms with Crippen molar-refractivity contribution in [1.29, 1.82) is 0 Å². The molecule has 6 nitrogen and oxygen atoms in total. The van der Waals surface area contributed by atoms with Gasteiger partial charge < -0.3 is 9.52 Å². The molecular formula is C8H7N3O3S. The quantitative estimate of drug-likeness (QED) is 0.841. The van der Waals surface area contributed by atoms with E-state index in [0.29, 0.717) is 17.5 Å². The van der Waals surface area contributed by atoms with E-state index in [1.54, 1.807) is 10.9 Å². The van der Waals surface area contributed by atoms with Gasteiger partial charge in [-0.2, -0.15) is 0 Å². The first-order valence-corrected chi connectivity index (χ1v) is 5.12. The van der Waals surface area contributed by atoms with Gasteiger partial charge in [0.2, 0.25) is 5.89 Å². The number of aliphatic carboxylic acids is 1. The minimum absolute atomic E-state index is 0.0152. The van der Waals surface area contributed by atoms with Crippen molar-refractivity contribution in [3.8, 4) is 11.6 Å². The molecule has 7 heteroatoms. The molecule has 0 atom stereocenters. The lowest BCUT2D eigenvalue weighted by Gasteiger charge is -1.88. The average molecular weight is 225 g/mol. The highest BCUT2D eigenvalue weighted by atomic mass is 32.1. The summed E-state index contributed by atoms with van der Waals surface area (Å²) < 4.78 is 5.24. The Balaban J connectivity index is 2.08. The molecule has 0 saturated carbocycles. The molecule has 2 aromatic heterocycles. The molecule has 0 bridgehead atoms. The number of nitrogens with zero attached hydrogens (tertiary/aromatic N) is 3. The van der Waals surface area contributed by atoms with Gasteiger partial charge >= 0.3 is 5.97 Å². The van der Waals surface area contributed by atoms with E-state index in [9.17, 15) is 4.79 Å². The van der Waals surface area contributed by atoms with Crippen LogP contribution in [-0.2, 0) is 11.2 Å². The second-order valence-electron chi connectivity index (χ2n) is 2.77. The van der Waals surface area contributed by atoms with Crippen LogP contribution >= 0.6 is 11.3 Å². The summed E-state index contributed by atoms with van der Waals surface area (Å²) in [6, 6.07) is 0. The number of aromatic nitrogens is 3. The maximum absolute atomic E-state index is 10.3. The third-order valence-corrected chi connectivity index (χ3v) is 2.26. The number of hydrogen-bond donors (Lipinski definition) is 1. The predicted octanol–water partition coefficient (Wildman–Crippen LogP) is 1.21. The van der Waals surface area contributed by atoms with Gasteiger partial charge in [-0.15, -0.1) is 21.5 Å². The number of rotatable bonds is 4. The molecule has 0 amide bonds. The molecule has 0 fully saturated rings. The summed E-state index contributed by atoms with van der Waals surface area (Å²) in [5.41, 5.74) is 2.28. The molecule has 0 aliphatic carbocycles. The van der Waals surface area contributed by atoms with Crippen LogP contribution in [0.15, 0.2) is 15.3 Å². The predicted molar refractivity (Wildman–Crippen MR) is 51.4 cm³/mol. The first-order chi connectivity index (χ1) is 7.25. The first-order valence-electron chi connectivity index (χ1n) is 4.18. The Morgan fingerprint density at radius 3 is 3.07 bits per heavy atom. The summed E-state index contributed by atoms with van der Waals surface area (Å²) in [5, 5.41) is 17.8. The Bertz CT molecular complexity index is 451. The Morgan fingerprint density at radius 2 is 2.40 bits per heavy atom. The number of thiazole rings is 1. The Morgan fingerprint density at radius 1 is 1.53 bits per heavy atom. The van der Waals surface area contributed by atoms with E-state index in [0.717, 1.165) is 0 Å². The third kappa shape index (κ3) is 2.38. The van der Waals surface area contributed by atoms with Crippen molar-refractivity contribution in [2.75, 3.05) is 0 Å². The van der Waals surface area contributed by atoms with Crippen molar-refractivity contribution in [3.63, 3.8) is 0 Å². The molecule has 2 aromatic rings. The van der Waals surface area contributed by atoms with Gasteiger partial charge in [-0.25, -0.2) is 4.98 Å². The van der Waals surface area contributed by atoms with E-state index in [1.165, 1.54) is 11.3 Å². The lowest BCUT2D eigenvalue weighted by molar-refractivity contribution is -0.137. The topological polar surface area (TPSA) is 89.1 Å². The van der Waals surface area contributed by atoms with Crippen LogP contribution in [0.3, 0.4) is 0 Å². The van der Waals surface area contributed by atoms with Crippen LogP contribution in [0.1, 0.15) is 12.3 Å². The van der Waals surface area contributed by atoms with Gasteiger partial charge in [0.25, 0.3) is 5.89 Å². The van der Waals surface area contributed by atoms with Gasteiger partial charge in [-0.05, 0) is 0 Å². The van der Waals surface area contributed by atoms with Gasteiger partial charge in [0, 0.05) is 11.8 Å². The number of carboxylic acids is 1. The van der Waals surface area contributed by atoms with Crippen molar-refractivity contribution in [3.05, 3.63) is 16.8 Å². The zero-order valence-corrected chi connectivity index (χ0v) is 8.40. The van der Waals surface area contributed by atoms with Gasteiger partial charge in [0.1, 0.15) is 5.69 Å². The number of carboxylic acid groups (broad SMARTS) is 1. The summed E-state index contributed by atoms with van der Waals surface area (Å²) in [7, 11) is 0. The number of carbonyl (C=O) groups is 1. The van der Waals surface area contributed by atoms with Crippen LogP contribution in [0.25, 0.3) is 11.6 Å². The van der Waals surface area contributed by atoms with Crippen molar-refractivity contribution in [2.24, 2.45) is 0 Å². The van der Waals surface area contributed by atoms with Crippen LogP contribution in [0.4, 0.5) is 0 Å². The molecule has 0 spiro atoms. The van der Waals surface area contributed by atoms with Crippen molar-refractivity contribution in [2.45, 2.75) is 12.8 Å². The molecule has 0 aromatic carbocycles.